The summed E-state index contributed by atoms with van der Waals surface area (Å²) in [6, 6.07) is 0.417. The van der Waals surface area contributed by atoms with Crippen molar-refractivity contribution in [2.24, 2.45) is 0 Å². The summed E-state index contributed by atoms with van der Waals surface area (Å²) in [5.74, 6) is 0.897. The number of hydrogen-bond donors (Lipinski definition) is 1. The van der Waals surface area contributed by atoms with Crippen LogP contribution in [0.2, 0.25) is 0 Å². The summed E-state index contributed by atoms with van der Waals surface area (Å²) in [6.45, 7) is 6.07. The van der Waals surface area contributed by atoms with Crippen LogP contribution in [0.3, 0.4) is 0 Å². The van der Waals surface area contributed by atoms with Crippen molar-refractivity contribution < 1.29 is 9.53 Å². The average molecular weight is 292 g/mol. The smallest absolute Gasteiger partial charge is 0.258 e. The summed E-state index contributed by atoms with van der Waals surface area (Å²) in [7, 11) is 2.09. The topological polar surface area (TPSA) is 67.3 Å². The third-order valence-corrected chi connectivity index (χ3v) is 3.82. The maximum Gasteiger partial charge on any atom is 0.258 e. The molecule has 2 rings (SSSR count). The fourth-order valence-electron chi connectivity index (χ4n) is 2.52. The maximum absolute atomic E-state index is 12.3. The van der Waals surface area contributed by atoms with E-state index in [2.05, 4.69) is 27.2 Å². The molecule has 2 heterocycles. The molecule has 1 N–H and O–H groups in total. The molecule has 0 saturated carbocycles. The Balaban J connectivity index is 2.03. The number of aryl methyl sites for hydroxylation is 1. The van der Waals surface area contributed by atoms with E-state index in [1.54, 1.807) is 6.20 Å². The molecule has 0 spiro atoms. The molecule has 0 aromatic carbocycles. The van der Waals surface area contributed by atoms with Crippen LogP contribution in [0.1, 0.15) is 42.9 Å². The molecular formula is C15H24N4O2. The van der Waals surface area contributed by atoms with E-state index in [1.165, 1.54) is 6.42 Å². The Morgan fingerprint density at radius 3 is 2.95 bits per heavy atom. The number of hydrogen-bond acceptors (Lipinski definition) is 5. The number of nitrogens with one attached hydrogen (secondary N) is 1. The quantitative estimate of drug-likeness (QED) is 0.855. The van der Waals surface area contributed by atoms with Gasteiger partial charge >= 0.3 is 0 Å². The van der Waals surface area contributed by atoms with Crippen LogP contribution in [0, 0.1) is 0 Å². The Bertz CT molecular complexity index is 493. The van der Waals surface area contributed by atoms with Crippen molar-refractivity contribution in [2.45, 2.75) is 39.2 Å². The van der Waals surface area contributed by atoms with Crippen LogP contribution in [0.15, 0.2) is 6.20 Å². The molecule has 1 unspecified atom stereocenters. The maximum atomic E-state index is 12.3. The molecule has 1 aliphatic rings. The zero-order chi connectivity index (χ0) is 15.2. The first-order chi connectivity index (χ1) is 10.2. The number of rotatable bonds is 6. The predicted molar refractivity (Wildman–Crippen MR) is 80.6 cm³/mol. The van der Waals surface area contributed by atoms with Crippen molar-refractivity contribution in [1.82, 2.24) is 20.2 Å². The van der Waals surface area contributed by atoms with Crippen LogP contribution in [-0.4, -0.2) is 53.6 Å². The lowest BCUT2D eigenvalue weighted by Crippen LogP contribution is -2.38. The minimum atomic E-state index is -0.165. The van der Waals surface area contributed by atoms with E-state index in [1.807, 2.05) is 13.8 Å². The second-order valence-corrected chi connectivity index (χ2v) is 5.28. The molecule has 1 fully saturated rings. The highest BCUT2D eigenvalue weighted by molar-refractivity contribution is 5.96. The first-order valence-electron chi connectivity index (χ1n) is 7.62. The van der Waals surface area contributed by atoms with Gasteiger partial charge in [-0.25, -0.2) is 4.98 Å². The highest BCUT2D eigenvalue weighted by Gasteiger charge is 2.22. The second kappa shape index (κ2) is 7.36. The summed E-state index contributed by atoms with van der Waals surface area (Å²) in [6.07, 6.45) is 4.59. The van der Waals surface area contributed by atoms with Gasteiger partial charge in [0.25, 0.3) is 5.91 Å². The molecule has 1 aliphatic heterocycles. The van der Waals surface area contributed by atoms with Crippen LogP contribution in [0.25, 0.3) is 0 Å². The monoisotopic (exact) mass is 292 g/mol. The Morgan fingerprint density at radius 1 is 1.52 bits per heavy atom. The SMILES string of the molecule is CCOc1nc(CC)ncc1C(=O)NCC1CCCN1C. The van der Waals surface area contributed by atoms with Gasteiger partial charge in [0.1, 0.15) is 11.4 Å². The van der Waals surface area contributed by atoms with Crippen molar-refractivity contribution in [3.63, 3.8) is 0 Å². The number of likely N-dealkylation sites (tertiary alicyclic amines) is 1. The molecule has 0 bridgehead atoms. The highest BCUT2D eigenvalue weighted by atomic mass is 16.5. The fourth-order valence-corrected chi connectivity index (χ4v) is 2.52. The summed E-state index contributed by atoms with van der Waals surface area (Å²) >= 11 is 0. The van der Waals surface area contributed by atoms with Gasteiger partial charge in [-0.2, -0.15) is 4.98 Å². The Morgan fingerprint density at radius 2 is 2.33 bits per heavy atom. The third-order valence-electron chi connectivity index (χ3n) is 3.82. The Kier molecular flexibility index (Phi) is 5.50. The number of likely N-dealkylation sites (N-methyl/N-ethyl adjacent to an activating group) is 1. The van der Waals surface area contributed by atoms with E-state index in [0.717, 1.165) is 19.4 Å². The van der Waals surface area contributed by atoms with E-state index in [4.69, 9.17) is 4.74 Å². The van der Waals surface area contributed by atoms with E-state index in [0.29, 0.717) is 36.5 Å². The summed E-state index contributed by atoms with van der Waals surface area (Å²) in [4.78, 5) is 23.1. The lowest BCUT2D eigenvalue weighted by atomic mass is 10.2. The summed E-state index contributed by atoms with van der Waals surface area (Å²) in [5.41, 5.74) is 0.412. The van der Waals surface area contributed by atoms with Crippen LogP contribution >= 0.6 is 0 Å². The largest absolute Gasteiger partial charge is 0.477 e. The van der Waals surface area contributed by atoms with Gasteiger partial charge in [0.05, 0.1) is 6.61 Å². The normalized spacial score (nSPS) is 18.7. The standard InChI is InChI=1S/C15H24N4O2/c1-4-13-16-10-12(15(18-13)21-5-2)14(20)17-9-11-7-6-8-19(11)3/h10-11H,4-9H2,1-3H3,(H,17,20). The average Bonchev–Trinajstić information content (AvgIpc) is 2.90. The second-order valence-electron chi connectivity index (χ2n) is 5.28. The number of carbonyl (C=O) groups is 1. The van der Waals surface area contributed by atoms with Crippen LogP contribution in [0.4, 0.5) is 0 Å². The van der Waals surface area contributed by atoms with Crippen LogP contribution in [-0.2, 0) is 6.42 Å². The fraction of sp³-hybridized carbons (Fsp3) is 0.667. The van der Waals surface area contributed by atoms with E-state index in [9.17, 15) is 4.79 Å². The number of amides is 1. The number of ether oxygens (including phenoxy) is 1. The predicted octanol–water partition coefficient (Wildman–Crippen LogP) is 1.26. The summed E-state index contributed by atoms with van der Waals surface area (Å²) < 4.78 is 5.47. The van der Waals surface area contributed by atoms with Crippen molar-refractivity contribution in [1.29, 1.82) is 0 Å². The van der Waals surface area contributed by atoms with E-state index < -0.39 is 0 Å². The third kappa shape index (κ3) is 3.91. The zero-order valence-corrected chi connectivity index (χ0v) is 13.1. The van der Waals surface area contributed by atoms with Crippen molar-refractivity contribution in [3.8, 4) is 5.88 Å². The first-order valence-corrected chi connectivity index (χ1v) is 7.62. The molecule has 1 aromatic heterocycles. The van der Waals surface area contributed by atoms with E-state index >= 15 is 0 Å². The molecule has 0 radical (unpaired) electrons. The molecule has 6 heteroatoms. The molecule has 1 atom stereocenters. The summed E-state index contributed by atoms with van der Waals surface area (Å²) in [5, 5.41) is 2.97. The molecule has 6 nitrogen and oxygen atoms in total. The van der Waals surface area contributed by atoms with Gasteiger partial charge in [-0.15, -0.1) is 0 Å². The molecule has 1 aromatic rings. The number of nitrogens with zero attached hydrogens (tertiary/aromatic N) is 3. The van der Waals surface area contributed by atoms with Crippen LogP contribution < -0.4 is 10.1 Å². The van der Waals surface area contributed by atoms with Crippen LogP contribution in [0.5, 0.6) is 5.88 Å². The molecule has 116 valence electrons. The van der Waals surface area contributed by atoms with Gasteiger partial charge in [0.2, 0.25) is 5.88 Å². The molecule has 1 saturated heterocycles. The van der Waals surface area contributed by atoms with Crippen molar-refractivity contribution in [2.75, 3.05) is 26.7 Å². The van der Waals surface area contributed by atoms with E-state index in [-0.39, 0.29) is 5.91 Å². The van der Waals surface area contributed by atoms with Gasteiger partial charge in [0, 0.05) is 25.2 Å². The lowest BCUT2D eigenvalue weighted by molar-refractivity contribution is 0.0938. The highest BCUT2D eigenvalue weighted by Crippen LogP contribution is 2.16. The minimum absolute atomic E-state index is 0.165. The molecule has 0 aliphatic carbocycles. The lowest BCUT2D eigenvalue weighted by Gasteiger charge is -2.19. The zero-order valence-electron chi connectivity index (χ0n) is 13.1. The Hall–Kier alpha value is -1.69. The van der Waals surface area contributed by atoms with Gasteiger partial charge < -0.3 is 15.0 Å². The number of aromatic nitrogens is 2. The number of carbonyl (C=O) groups excluding carboxylic acids is 1. The van der Waals surface area contributed by atoms with Gasteiger partial charge in [-0.3, -0.25) is 4.79 Å². The van der Waals surface area contributed by atoms with Gasteiger partial charge in [-0.05, 0) is 33.4 Å². The first kappa shape index (κ1) is 15.7. The molecule has 1 amide bonds. The minimum Gasteiger partial charge on any atom is -0.477 e. The molecule has 21 heavy (non-hydrogen) atoms. The van der Waals surface area contributed by atoms with Gasteiger partial charge in [0.15, 0.2) is 0 Å². The van der Waals surface area contributed by atoms with Gasteiger partial charge in [-0.1, -0.05) is 6.92 Å². The molecular weight excluding hydrogens is 268 g/mol. The Labute approximate surface area is 125 Å². The van der Waals surface area contributed by atoms with Crippen molar-refractivity contribution in [3.05, 3.63) is 17.6 Å². The van der Waals surface area contributed by atoms with Crippen molar-refractivity contribution >= 4 is 5.91 Å².